The van der Waals surface area contributed by atoms with Crippen LogP contribution in [0.15, 0.2) is 59.5 Å². The van der Waals surface area contributed by atoms with Crippen molar-refractivity contribution in [3.8, 4) is 16.9 Å². The van der Waals surface area contributed by atoms with Crippen molar-refractivity contribution in [1.29, 1.82) is 0 Å². The van der Waals surface area contributed by atoms with E-state index in [4.69, 9.17) is 30.5 Å². The number of hydrogen-bond acceptors (Lipinski definition) is 10. The molecule has 2 aromatic heterocycles. The van der Waals surface area contributed by atoms with Crippen LogP contribution < -0.4 is 10.3 Å². The van der Waals surface area contributed by atoms with Crippen LogP contribution in [0.5, 0.6) is 5.75 Å². The molecule has 4 aromatic rings. The van der Waals surface area contributed by atoms with Gasteiger partial charge in [-0.3, -0.25) is 14.4 Å². The number of ketones is 2. The number of ether oxygens (including phenoxy) is 5. The molecule has 0 amide bonds. The molecule has 47 heavy (non-hydrogen) atoms. The largest absolute Gasteiger partial charge is 0.511 e. The Hall–Kier alpha value is -4.94. The molecule has 0 saturated carbocycles. The predicted octanol–water partition coefficient (Wildman–Crippen LogP) is 5.93. The third-order valence-electron chi connectivity index (χ3n) is 7.30. The highest BCUT2D eigenvalue weighted by molar-refractivity contribution is 6.31. The van der Waals surface area contributed by atoms with Crippen molar-refractivity contribution >= 4 is 46.2 Å². The SMILES string of the molecule is CCOC(=O)OC(C)OC(=O)c1cc2cc(CC(=O)[C@H](CCOC)n3cc(OC)c(-c4cc(Cl)ccc4C(C)=O)cc3=O)ccc2[nH]1. The minimum atomic E-state index is -1.18. The lowest BCUT2D eigenvalue weighted by Crippen LogP contribution is -2.31. The van der Waals surface area contributed by atoms with Gasteiger partial charge in [0.25, 0.3) is 5.56 Å². The number of carbonyl (C=O) groups excluding carboxylic acids is 4. The van der Waals surface area contributed by atoms with Crippen LogP contribution in [-0.4, -0.2) is 67.0 Å². The molecule has 1 unspecified atom stereocenters. The summed E-state index contributed by atoms with van der Waals surface area (Å²) >= 11 is 6.22. The van der Waals surface area contributed by atoms with Gasteiger partial charge in [0, 0.05) is 60.2 Å². The Morgan fingerprint density at radius 3 is 2.43 bits per heavy atom. The fourth-order valence-corrected chi connectivity index (χ4v) is 5.30. The van der Waals surface area contributed by atoms with Crippen LogP contribution in [0.1, 0.15) is 59.6 Å². The molecule has 2 aromatic carbocycles. The first-order chi connectivity index (χ1) is 22.4. The zero-order chi connectivity index (χ0) is 34.2. The Labute approximate surface area is 275 Å². The van der Waals surface area contributed by atoms with E-state index in [1.165, 1.54) is 44.9 Å². The molecule has 0 bridgehead atoms. The van der Waals surface area contributed by atoms with E-state index >= 15 is 0 Å². The number of hydrogen-bond donors (Lipinski definition) is 1. The Balaban J connectivity index is 1.60. The number of aromatic nitrogens is 2. The first kappa shape index (κ1) is 34.9. The Kier molecular flexibility index (Phi) is 11.6. The molecule has 4 rings (SSSR count). The fourth-order valence-electron chi connectivity index (χ4n) is 5.12. The zero-order valence-corrected chi connectivity index (χ0v) is 27.3. The number of carbonyl (C=O) groups is 4. The minimum absolute atomic E-state index is 0.0288. The molecule has 0 fully saturated rings. The Bertz CT molecular complexity index is 1860. The molecule has 248 valence electrons. The lowest BCUT2D eigenvalue weighted by molar-refractivity contribution is -0.122. The third kappa shape index (κ3) is 8.46. The molecule has 1 N–H and O–H groups in total. The van der Waals surface area contributed by atoms with Gasteiger partial charge in [-0.2, -0.15) is 0 Å². The highest BCUT2D eigenvalue weighted by atomic mass is 35.5. The summed E-state index contributed by atoms with van der Waals surface area (Å²) in [5.41, 5.74) is 2.08. The van der Waals surface area contributed by atoms with Gasteiger partial charge in [0.2, 0.25) is 6.29 Å². The smallest absolute Gasteiger partial charge is 0.495 e. The number of H-pyrrole nitrogens is 1. The fraction of sp³-hybridized carbons (Fsp3) is 0.324. The van der Waals surface area contributed by atoms with Crippen LogP contribution in [0.4, 0.5) is 4.79 Å². The first-order valence-electron chi connectivity index (χ1n) is 14.7. The topological polar surface area (TPSA) is 152 Å². The van der Waals surface area contributed by atoms with E-state index < -0.39 is 30.0 Å². The second-order valence-corrected chi connectivity index (χ2v) is 11.0. The average Bonchev–Trinajstić information content (AvgIpc) is 3.45. The van der Waals surface area contributed by atoms with Gasteiger partial charge in [-0.1, -0.05) is 17.7 Å². The highest BCUT2D eigenvalue weighted by Crippen LogP contribution is 2.34. The van der Waals surface area contributed by atoms with Crippen LogP contribution in [0.25, 0.3) is 22.0 Å². The van der Waals surface area contributed by atoms with Crippen molar-refractivity contribution < 1.29 is 42.9 Å². The molecule has 0 aliphatic carbocycles. The van der Waals surface area contributed by atoms with Crippen molar-refractivity contribution in [2.45, 2.75) is 45.9 Å². The number of aromatic amines is 1. The molecule has 13 heteroatoms. The van der Waals surface area contributed by atoms with Crippen LogP contribution in [-0.2, 0) is 30.2 Å². The maximum Gasteiger partial charge on any atom is 0.511 e. The standard InChI is InChI=1S/C34H35ClN2O10/c1-6-45-34(42)47-20(3)46-33(41)28-15-22-13-21(7-10-27(22)36-28)14-30(39)29(11-12-43-4)37-18-31(44-5)26(17-32(37)40)25-16-23(35)8-9-24(25)19(2)38/h7-10,13,15-18,20,29,36H,6,11-12,14H2,1-5H3/t20?,29-/m0/s1. The normalized spacial score (nSPS) is 12.3. The number of rotatable bonds is 14. The van der Waals surface area contributed by atoms with E-state index in [0.29, 0.717) is 38.2 Å². The quantitative estimate of drug-likeness (QED) is 0.0974. The molecule has 0 aliphatic heterocycles. The van der Waals surface area contributed by atoms with E-state index in [-0.39, 0.29) is 49.1 Å². The maximum atomic E-state index is 13.8. The first-order valence-corrected chi connectivity index (χ1v) is 15.1. The number of methoxy groups -OCH3 is 2. The van der Waals surface area contributed by atoms with Crippen LogP contribution in [0.2, 0.25) is 5.02 Å². The van der Waals surface area contributed by atoms with Crippen molar-refractivity contribution in [2.24, 2.45) is 0 Å². The molecule has 0 aliphatic rings. The van der Waals surface area contributed by atoms with Crippen molar-refractivity contribution in [3.63, 3.8) is 0 Å². The summed E-state index contributed by atoms with van der Waals surface area (Å²) in [7, 11) is 2.93. The van der Waals surface area contributed by atoms with Gasteiger partial charge >= 0.3 is 12.1 Å². The number of halogens is 1. The minimum Gasteiger partial charge on any atom is -0.495 e. The molecule has 0 radical (unpaired) electrons. The number of benzene rings is 2. The van der Waals surface area contributed by atoms with Gasteiger partial charge in [0.1, 0.15) is 11.4 Å². The molecule has 2 atom stereocenters. The Morgan fingerprint density at radius 2 is 1.74 bits per heavy atom. The van der Waals surface area contributed by atoms with Crippen molar-refractivity contribution in [3.05, 3.63) is 86.9 Å². The third-order valence-corrected chi connectivity index (χ3v) is 7.53. The summed E-state index contributed by atoms with van der Waals surface area (Å²) in [4.78, 5) is 66.7. The van der Waals surface area contributed by atoms with Crippen molar-refractivity contribution in [1.82, 2.24) is 9.55 Å². The van der Waals surface area contributed by atoms with Gasteiger partial charge in [-0.15, -0.1) is 0 Å². The number of nitrogens with one attached hydrogen (secondary N) is 1. The summed E-state index contributed by atoms with van der Waals surface area (Å²) in [6, 6.07) is 12.0. The van der Waals surface area contributed by atoms with Crippen LogP contribution in [0.3, 0.4) is 0 Å². The number of nitrogens with zero attached hydrogens (tertiary/aromatic N) is 1. The van der Waals surface area contributed by atoms with Gasteiger partial charge in [-0.25, -0.2) is 9.59 Å². The van der Waals surface area contributed by atoms with Crippen molar-refractivity contribution in [2.75, 3.05) is 27.4 Å². The highest BCUT2D eigenvalue weighted by Gasteiger charge is 2.25. The molecule has 2 heterocycles. The molecular weight excluding hydrogens is 632 g/mol. The number of pyridine rings is 1. The van der Waals surface area contributed by atoms with E-state index in [1.54, 1.807) is 49.4 Å². The number of fused-ring (bicyclic) bond motifs is 1. The summed E-state index contributed by atoms with van der Waals surface area (Å²) in [6.07, 6.45) is -0.493. The van der Waals surface area contributed by atoms with Gasteiger partial charge in [0.15, 0.2) is 11.6 Å². The van der Waals surface area contributed by atoms with Gasteiger partial charge in [0.05, 0.1) is 26.0 Å². The van der Waals surface area contributed by atoms with E-state index in [0.717, 1.165) is 0 Å². The monoisotopic (exact) mass is 666 g/mol. The van der Waals surface area contributed by atoms with E-state index in [2.05, 4.69) is 9.72 Å². The summed E-state index contributed by atoms with van der Waals surface area (Å²) in [6.45, 7) is 4.74. The molecule has 0 saturated heterocycles. The van der Waals surface area contributed by atoms with Gasteiger partial charge < -0.3 is 33.2 Å². The number of esters is 1. The van der Waals surface area contributed by atoms with E-state index in [1.807, 2.05) is 0 Å². The number of Topliss-reactive ketones (excluding diaryl/α,β-unsaturated/α-hetero) is 2. The second kappa shape index (κ2) is 15.6. The predicted molar refractivity (Wildman–Crippen MR) is 173 cm³/mol. The lowest BCUT2D eigenvalue weighted by Gasteiger charge is -2.21. The zero-order valence-electron chi connectivity index (χ0n) is 26.6. The molecule has 12 nitrogen and oxygen atoms in total. The summed E-state index contributed by atoms with van der Waals surface area (Å²) in [5, 5.41) is 1.02. The lowest BCUT2D eigenvalue weighted by atomic mass is 9.96. The second-order valence-electron chi connectivity index (χ2n) is 10.6. The molecular formula is C34H35ClN2O10. The van der Waals surface area contributed by atoms with Gasteiger partial charge in [-0.05, 0) is 67.8 Å². The average molecular weight is 667 g/mol. The van der Waals surface area contributed by atoms with E-state index in [9.17, 15) is 24.0 Å². The maximum absolute atomic E-state index is 13.8. The van der Waals surface area contributed by atoms with Crippen LogP contribution >= 0.6 is 11.6 Å². The Morgan fingerprint density at radius 1 is 0.979 bits per heavy atom. The summed E-state index contributed by atoms with van der Waals surface area (Å²) in [5.74, 6) is -0.942. The molecule has 0 spiro atoms. The van der Waals surface area contributed by atoms with Crippen LogP contribution in [0, 0.1) is 0 Å². The summed E-state index contributed by atoms with van der Waals surface area (Å²) < 4.78 is 26.9.